The quantitative estimate of drug-likeness (QED) is 0.534. The molecular weight excluding hydrogens is 100 g/mol. The largest absolute Gasteiger partial charge is 0.393 e. The Morgan fingerprint density at radius 3 is 2.75 bits per heavy atom. The molecule has 1 fully saturated rings. The second-order valence-corrected chi connectivity index (χ2v) is 2.37. The lowest BCUT2D eigenvalue weighted by molar-refractivity contribution is 0.260. The zero-order chi connectivity index (χ0) is 5.98. The van der Waals surface area contributed by atoms with Crippen LogP contribution in [0.1, 0.15) is 19.8 Å². The molecule has 1 heteroatoms. The summed E-state index contributed by atoms with van der Waals surface area (Å²) in [6.45, 7) is 2.01. The van der Waals surface area contributed by atoms with Gasteiger partial charge in [-0.3, -0.25) is 0 Å². The number of hydrogen-bond acceptors (Lipinski definition) is 1. The summed E-state index contributed by atoms with van der Waals surface area (Å²) in [5, 5.41) is 8.82. The Morgan fingerprint density at radius 1 is 1.75 bits per heavy atom. The van der Waals surface area contributed by atoms with Gasteiger partial charge in [0.15, 0.2) is 0 Å². The molecule has 2 unspecified atom stereocenters. The van der Waals surface area contributed by atoms with Gasteiger partial charge in [-0.2, -0.15) is 0 Å². The molecule has 2 atom stereocenters. The van der Waals surface area contributed by atoms with Crippen LogP contribution in [0.15, 0.2) is 12.2 Å². The third-order valence-electron chi connectivity index (χ3n) is 1.56. The van der Waals surface area contributed by atoms with Gasteiger partial charge in [-0.15, -0.1) is 0 Å². The first kappa shape index (κ1) is 5.83. The lowest BCUT2D eigenvalue weighted by Gasteiger charge is -1.83. The SMILES string of the molecule is C/C=C\CC1CC1O. The monoisotopic (exact) mass is 112 g/mol. The summed E-state index contributed by atoms with van der Waals surface area (Å²) in [6, 6.07) is 0. The summed E-state index contributed by atoms with van der Waals surface area (Å²) >= 11 is 0. The predicted octanol–water partition coefficient (Wildman–Crippen LogP) is 1.33. The lowest BCUT2D eigenvalue weighted by atomic mass is 10.3. The number of aliphatic hydroxyl groups is 1. The highest BCUT2D eigenvalue weighted by Gasteiger charge is 2.33. The van der Waals surface area contributed by atoms with Crippen LogP contribution in [0.25, 0.3) is 0 Å². The maximum atomic E-state index is 8.82. The molecule has 1 rings (SSSR count). The minimum atomic E-state index is 0.0196. The molecule has 1 nitrogen and oxygen atoms in total. The Morgan fingerprint density at radius 2 is 2.38 bits per heavy atom. The molecule has 0 aliphatic heterocycles. The van der Waals surface area contributed by atoms with Crippen LogP contribution in [0.2, 0.25) is 0 Å². The average molecular weight is 112 g/mol. The number of rotatable bonds is 2. The molecular formula is C7H12O. The molecule has 0 spiro atoms. The fourth-order valence-corrected chi connectivity index (χ4v) is 0.796. The molecule has 0 aromatic carbocycles. The van der Waals surface area contributed by atoms with E-state index < -0.39 is 0 Å². The maximum absolute atomic E-state index is 8.82. The normalized spacial score (nSPS) is 36.2. The molecule has 8 heavy (non-hydrogen) atoms. The number of aliphatic hydroxyl groups excluding tert-OH is 1. The molecule has 0 amide bonds. The van der Waals surface area contributed by atoms with Crippen LogP contribution in [-0.2, 0) is 0 Å². The fourth-order valence-electron chi connectivity index (χ4n) is 0.796. The summed E-state index contributed by atoms with van der Waals surface area (Å²) in [5.41, 5.74) is 0. The lowest BCUT2D eigenvalue weighted by Crippen LogP contribution is -1.81. The molecule has 1 aliphatic carbocycles. The Kier molecular flexibility index (Phi) is 1.69. The van der Waals surface area contributed by atoms with Crippen molar-refractivity contribution < 1.29 is 5.11 Å². The van der Waals surface area contributed by atoms with E-state index in [4.69, 9.17) is 5.11 Å². The van der Waals surface area contributed by atoms with Crippen LogP contribution in [-0.4, -0.2) is 11.2 Å². The van der Waals surface area contributed by atoms with E-state index in [2.05, 4.69) is 6.08 Å². The Hall–Kier alpha value is -0.300. The molecule has 1 aliphatic rings. The summed E-state index contributed by atoms with van der Waals surface area (Å²) in [7, 11) is 0. The Labute approximate surface area is 50.0 Å². The van der Waals surface area contributed by atoms with Gasteiger partial charge in [0, 0.05) is 0 Å². The van der Waals surface area contributed by atoms with Crippen molar-refractivity contribution >= 4 is 0 Å². The van der Waals surface area contributed by atoms with Crippen molar-refractivity contribution in [3.8, 4) is 0 Å². The second-order valence-electron chi connectivity index (χ2n) is 2.37. The first-order valence-corrected chi connectivity index (χ1v) is 3.14. The average Bonchev–Trinajstić information content (AvgIpc) is 2.42. The van der Waals surface area contributed by atoms with Gasteiger partial charge in [-0.05, 0) is 25.7 Å². The Bertz CT molecular complexity index is 96.6. The third-order valence-corrected chi connectivity index (χ3v) is 1.56. The zero-order valence-corrected chi connectivity index (χ0v) is 5.17. The van der Waals surface area contributed by atoms with Crippen molar-refractivity contribution in [1.29, 1.82) is 0 Å². The molecule has 0 saturated heterocycles. The topological polar surface area (TPSA) is 20.2 Å². The van der Waals surface area contributed by atoms with E-state index in [-0.39, 0.29) is 6.10 Å². The van der Waals surface area contributed by atoms with Crippen LogP contribution >= 0.6 is 0 Å². The molecule has 0 heterocycles. The highest BCUT2D eigenvalue weighted by atomic mass is 16.3. The zero-order valence-electron chi connectivity index (χ0n) is 5.17. The summed E-state index contributed by atoms with van der Waals surface area (Å²) in [6.07, 6.45) is 6.25. The molecule has 0 radical (unpaired) electrons. The van der Waals surface area contributed by atoms with E-state index in [1.54, 1.807) is 0 Å². The van der Waals surface area contributed by atoms with Crippen LogP contribution < -0.4 is 0 Å². The Balaban J connectivity index is 2.05. The predicted molar refractivity (Wildman–Crippen MR) is 33.5 cm³/mol. The van der Waals surface area contributed by atoms with Gasteiger partial charge in [0.25, 0.3) is 0 Å². The number of hydrogen-bond donors (Lipinski definition) is 1. The van der Waals surface area contributed by atoms with Crippen LogP contribution in [0, 0.1) is 5.92 Å². The maximum Gasteiger partial charge on any atom is 0.0576 e. The molecule has 0 bridgehead atoms. The van der Waals surface area contributed by atoms with Crippen molar-refractivity contribution in [3.05, 3.63) is 12.2 Å². The van der Waals surface area contributed by atoms with Crippen molar-refractivity contribution in [2.45, 2.75) is 25.9 Å². The van der Waals surface area contributed by atoms with Crippen molar-refractivity contribution in [3.63, 3.8) is 0 Å². The van der Waals surface area contributed by atoms with E-state index in [9.17, 15) is 0 Å². The molecule has 0 aromatic heterocycles. The first-order chi connectivity index (χ1) is 3.84. The number of allylic oxidation sites excluding steroid dienone is 2. The van der Waals surface area contributed by atoms with Gasteiger partial charge in [0.1, 0.15) is 0 Å². The van der Waals surface area contributed by atoms with E-state index in [1.165, 1.54) is 0 Å². The third kappa shape index (κ3) is 1.34. The van der Waals surface area contributed by atoms with E-state index in [0.717, 1.165) is 12.8 Å². The minimum absolute atomic E-state index is 0.0196. The van der Waals surface area contributed by atoms with Gasteiger partial charge >= 0.3 is 0 Å². The summed E-state index contributed by atoms with van der Waals surface area (Å²) < 4.78 is 0. The fraction of sp³-hybridized carbons (Fsp3) is 0.714. The first-order valence-electron chi connectivity index (χ1n) is 3.14. The van der Waals surface area contributed by atoms with Crippen molar-refractivity contribution in [2.24, 2.45) is 5.92 Å². The van der Waals surface area contributed by atoms with E-state index >= 15 is 0 Å². The summed E-state index contributed by atoms with van der Waals surface area (Å²) in [5.74, 6) is 0.589. The second kappa shape index (κ2) is 2.31. The van der Waals surface area contributed by atoms with Gasteiger partial charge < -0.3 is 5.11 Å². The summed E-state index contributed by atoms with van der Waals surface area (Å²) in [4.78, 5) is 0. The van der Waals surface area contributed by atoms with Gasteiger partial charge in [0.05, 0.1) is 6.10 Å². The van der Waals surface area contributed by atoms with Crippen LogP contribution in [0.3, 0.4) is 0 Å². The molecule has 46 valence electrons. The van der Waals surface area contributed by atoms with Crippen molar-refractivity contribution in [1.82, 2.24) is 0 Å². The molecule has 1 saturated carbocycles. The smallest absolute Gasteiger partial charge is 0.0576 e. The van der Waals surface area contributed by atoms with Gasteiger partial charge in [-0.25, -0.2) is 0 Å². The minimum Gasteiger partial charge on any atom is -0.393 e. The van der Waals surface area contributed by atoms with Gasteiger partial charge in [0.2, 0.25) is 0 Å². The van der Waals surface area contributed by atoms with E-state index in [0.29, 0.717) is 5.92 Å². The highest BCUT2D eigenvalue weighted by molar-refractivity contribution is 4.92. The standard InChI is InChI=1S/C7H12O/c1-2-3-4-6-5-7(6)8/h2-3,6-8H,4-5H2,1H3/b3-2-. The molecule has 0 aromatic rings. The van der Waals surface area contributed by atoms with E-state index in [1.807, 2.05) is 13.0 Å². The van der Waals surface area contributed by atoms with Crippen molar-refractivity contribution in [2.75, 3.05) is 0 Å². The van der Waals surface area contributed by atoms with Crippen LogP contribution in [0.4, 0.5) is 0 Å². The van der Waals surface area contributed by atoms with Gasteiger partial charge in [-0.1, -0.05) is 12.2 Å². The highest BCUT2D eigenvalue weighted by Crippen LogP contribution is 2.33. The molecule has 1 N–H and O–H groups in total. The van der Waals surface area contributed by atoms with Crippen LogP contribution in [0.5, 0.6) is 0 Å².